The van der Waals surface area contributed by atoms with Gasteiger partial charge in [-0.1, -0.05) is 37.0 Å². The molecule has 1 saturated carbocycles. The van der Waals surface area contributed by atoms with Gasteiger partial charge >= 0.3 is 10.1 Å². The predicted molar refractivity (Wildman–Crippen MR) is 72.2 cm³/mol. The molecule has 0 saturated heterocycles. The van der Waals surface area contributed by atoms with E-state index in [1.807, 2.05) is 19.1 Å². The molecule has 0 unspecified atom stereocenters. The lowest BCUT2D eigenvalue weighted by molar-refractivity contribution is 0.375. The van der Waals surface area contributed by atoms with Crippen molar-refractivity contribution >= 4 is 10.1 Å². The maximum absolute atomic E-state index is 11.9. The van der Waals surface area contributed by atoms with Gasteiger partial charge in [-0.25, -0.2) is 0 Å². The lowest BCUT2D eigenvalue weighted by Crippen LogP contribution is -2.22. The second-order valence-electron chi connectivity index (χ2n) is 5.12. The van der Waals surface area contributed by atoms with Crippen LogP contribution in [-0.2, 0) is 10.1 Å². The van der Waals surface area contributed by atoms with Crippen LogP contribution in [0.1, 0.15) is 37.7 Å². The molecular formula is C14H20O3S. The first-order chi connectivity index (χ1) is 8.55. The molecular weight excluding hydrogens is 248 g/mol. The topological polar surface area (TPSA) is 43.4 Å². The van der Waals surface area contributed by atoms with Crippen LogP contribution in [0.15, 0.2) is 24.3 Å². The molecule has 0 spiro atoms. The largest absolute Gasteiger partial charge is 0.382 e. The highest BCUT2D eigenvalue weighted by Crippen LogP contribution is 2.26. The van der Waals surface area contributed by atoms with Crippen molar-refractivity contribution in [1.82, 2.24) is 0 Å². The van der Waals surface area contributed by atoms with E-state index in [-0.39, 0.29) is 11.7 Å². The van der Waals surface area contributed by atoms with E-state index in [2.05, 4.69) is 0 Å². The van der Waals surface area contributed by atoms with E-state index in [9.17, 15) is 8.42 Å². The number of rotatable bonds is 4. The molecule has 100 valence electrons. The third kappa shape index (κ3) is 4.02. The van der Waals surface area contributed by atoms with Gasteiger partial charge in [0.2, 0.25) is 0 Å². The minimum absolute atomic E-state index is 0.154. The molecule has 2 rings (SSSR count). The van der Waals surface area contributed by atoms with Gasteiger partial charge in [-0.05, 0) is 37.8 Å². The van der Waals surface area contributed by atoms with Gasteiger partial charge in [-0.2, -0.15) is 8.42 Å². The third-order valence-electron chi connectivity index (χ3n) is 3.41. The van der Waals surface area contributed by atoms with Crippen molar-refractivity contribution in [3.8, 4) is 5.75 Å². The first-order valence-corrected chi connectivity index (χ1v) is 8.12. The number of aryl methyl sites for hydroxylation is 1. The van der Waals surface area contributed by atoms with Gasteiger partial charge in [0.05, 0.1) is 5.75 Å². The summed E-state index contributed by atoms with van der Waals surface area (Å²) >= 11 is 0. The average molecular weight is 268 g/mol. The summed E-state index contributed by atoms with van der Waals surface area (Å²) in [6.45, 7) is 1.96. The van der Waals surface area contributed by atoms with Crippen molar-refractivity contribution < 1.29 is 12.6 Å². The van der Waals surface area contributed by atoms with Crippen LogP contribution in [0.3, 0.4) is 0 Å². The molecule has 0 N–H and O–H groups in total. The van der Waals surface area contributed by atoms with Gasteiger partial charge in [-0.15, -0.1) is 0 Å². The van der Waals surface area contributed by atoms with Crippen molar-refractivity contribution in [2.75, 3.05) is 5.75 Å². The zero-order chi connectivity index (χ0) is 13.0. The highest BCUT2D eigenvalue weighted by Gasteiger charge is 2.22. The molecule has 1 aliphatic carbocycles. The van der Waals surface area contributed by atoms with E-state index >= 15 is 0 Å². The Bertz CT molecular complexity index is 470. The molecule has 0 radical (unpaired) electrons. The Morgan fingerprint density at radius 2 is 1.72 bits per heavy atom. The van der Waals surface area contributed by atoms with Crippen LogP contribution in [0.5, 0.6) is 5.75 Å². The maximum Gasteiger partial charge on any atom is 0.309 e. The normalized spacial score (nSPS) is 17.6. The monoisotopic (exact) mass is 268 g/mol. The zero-order valence-electron chi connectivity index (χ0n) is 10.8. The molecule has 1 aliphatic rings. The molecule has 0 amide bonds. The molecule has 4 heteroatoms. The summed E-state index contributed by atoms with van der Waals surface area (Å²) in [7, 11) is -3.45. The van der Waals surface area contributed by atoms with Gasteiger partial charge in [0.25, 0.3) is 0 Å². The van der Waals surface area contributed by atoms with E-state index < -0.39 is 10.1 Å². The molecule has 0 atom stereocenters. The second kappa shape index (κ2) is 5.74. The molecule has 0 aromatic heterocycles. The smallest absolute Gasteiger partial charge is 0.309 e. The van der Waals surface area contributed by atoms with E-state index in [4.69, 9.17) is 4.18 Å². The van der Waals surface area contributed by atoms with Crippen LogP contribution < -0.4 is 4.18 Å². The molecule has 0 heterocycles. The highest BCUT2D eigenvalue weighted by molar-refractivity contribution is 7.87. The lowest BCUT2D eigenvalue weighted by Gasteiger charge is -2.21. The molecule has 0 bridgehead atoms. The van der Waals surface area contributed by atoms with Crippen LogP contribution in [0.2, 0.25) is 0 Å². The van der Waals surface area contributed by atoms with Crippen LogP contribution in [0, 0.1) is 12.8 Å². The maximum atomic E-state index is 11.9. The minimum Gasteiger partial charge on any atom is -0.382 e. The van der Waals surface area contributed by atoms with E-state index in [1.165, 1.54) is 6.42 Å². The van der Waals surface area contributed by atoms with Crippen LogP contribution in [0.4, 0.5) is 0 Å². The van der Waals surface area contributed by atoms with Crippen molar-refractivity contribution in [3.63, 3.8) is 0 Å². The second-order valence-corrected chi connectivity index (χ2v) is 6.74. The Hall–Kier alpha value is -1.03. The summed E-state index contributed by atoms with van der Waals surface area (Å²) in [5.74, 6) is 0.839. The summed E-state index contributed by atoms with van der Waals surface area (Å²) in [6, 6.07) is 7.11. The first-order valence-electron chi connectivity index (χ1n) is 6.54. The molecule has 18 heavy (non-hydrogen) atoms. The Labute approximate surface area is 109 Å². The van der Waals surface area contributed by atoms with Gasteiger partial charge in [-0.3, -0.25) is 0 Å². The van der Waals surface area contributed by atoms with Crippen LogP contribution in [0.25, 0.3) is 0 Å². The summed E-state index contributed by atoms with van der Waals surface area (Å²) < 4.78 is 29.0. The Morgan fingerprint density at radius 1 is 1.11 bits per heavy atom. The fraction of sp³-hybridized carbons (Fsp3) is 0.571. The Balaban J connectivity index is 1.96. The number of benzene rings is 1. The quantitative estimate of drug-likeness (QED) is 0.787. The summed E-state index contributed by atoms with van der Waals surface area (Å²) in [5.41, 5.74) is 1.09. The van der Waals surface area contributed by atoms with Crippen molar-refractivity contribution in [3.05, 3.63) is 29.8 Å². The SMILES string of the molecule is Cc1ccc(OS(=O)(=O)CC2CCCCC2)cc1. The lowest BCUT2D eigenvalue weighted by atomic mass is 9.91. The summed E-state index contributed by atoms with van der Waals surface area (Å²) in [4.78, 5) is 0. The van der Waals surface area contributed by atoms with Gasteiger partial charge in [0.15, 0.2) is 0 Å². The van der Waals surface area contributed by atoms with Crippen molar-refractivity contribution in [2.24, 2.45) is 5.92 Å². The third-order valence-corrected chi connectivity index (χ3v) is 4.73. The van der Waals surface area contributed by atoms with Gasteiger partial charge < -0.3 is 4.18 Å². The summed E-state index contributed by atoms with van der Waals surface area (Å²) in [6.07, 6.45) is 5.54. The van der Waals surface area contributed by atoms with Gasteiger partial charge in [0.1, 0.15) is 5.75 Å². The van der Waals surface area contributed by atoms with E-state index in [1.54, 1.807) is 12.1 Å². The van der Waals surface area contributed by atoms with Crippen molar-refractivity contribution in [1.29, 1.82) is 0 Å². The molecule has 1 aromatic carbocycles. The van der Waals surface area contributed by atoms with Crippen LogP contribution >= 0.6 is 0 Å². The van der Waals surface area contributed by atoms with Crippen molar-refractivity contribution in [2.45, 2.75) is 39.0 Å². The fourth-order valence-electron chi connectivity index (χ4n) is 2.42. The molecule has 3 nitrogen and oxygen atoms in total. The Kier molecular flexibility index (Phi) is 4.27. The zero-order valence-corrected chi connectivity index (χ0v) is 11.6. The standard InChI is InChI=1S/C14H20O3S/c1-12-7-9-14(10-8-12)17-18(15,16)11-13-5-3-2-4-6-13/h7-10,13H,2-6,11H2,1H3. The van der Waals surface area contributed by atoms with Crippen LogP contribution in [-0.4, -0.2) is 14.2 Å². The minimum atomic E-state index is -3.45. The molecule has 1 aromatic rings. The fourth-order valence-corrected chi connectivity index (χ4v) is 3.80. The van der Waals surface area contributed by atoms with E-state index in [0.717, 1.165) is 31.2 Å². The average Bonchev–Trinajstić information content (AvgIpc) is 2.32. The highest BCUT2D eigenvalue weighted by atomic mass is 32.2. The van der Waals surface area contributed by atoms with E-state index in [0.29, 0.717) is 5.75 Å². The number of hydrogen-bond acceptors (Lipinski definition) is 3. The Morgan fingerprint density at radius 3 is 2.33 bits per heavy atom. The van der Waals surface area contributed by atoms with Gasteiger partial charge in [0, 0.05) is 0 Å². The first kappa shape index (κ1) is 13.4. The predicted octanol–water partition coefficient (Wildman–Crippen LogP) is 3.28. The molecule has 1 fully saturated rings. The summed E-state index contributed by atoms with van der Waals surface area (Å²) in [5, 5.41) is 0. The molecule has 0 aliphatic heterocycles. The number of hydrogen-bond donors (Lipinski definition) is 0.